The molecule has 3 heterocycles. The molecule has 2 fully saturated rings. The van der Waals surface area contributed by atoms with Crippen molar-refractivity contribution in [3.8, 4) is 0 Å². The Morgan fingerprint density at radius 1 is 0.815 bits per heavy atom. The maximum Gasteiger partial charge on any atom is 0.315 e. The van der Waals surface area contributed by atoms with E-state index in [0.717, 1.165) is 35.9 Å². The lowest BCUT2D eigenvalue weighted by molar-refractivity contribution is -0.137. The van der Waals surface area contributed by atoms with Crippen LogP contribution in [-0.4, -0.2) is 136 Å². The molecule has 1 aromatic heterocycles. The van der Waals surface area contributed by atoms with E-state index in [1.807, 2.05) is 37.7 Å². The van der Waals surface area contributed by atoms with Crippen molar-refractivity contribution < 1.29 is 53.5 Å². The molecular weight excluding hydrogens is 867 g/mol. The maximum atomic E-state index is 13.5. The zero-order valence-electron chi connectivity index (χ0n) is 36.7. The highest BCUT2D eigenvalue weighted by Gasteiger charge is 2.42. The number of carbonyl (C=O) groups excluding carboxylic acids is 9. The third kappa shape index (κ3) is 16.9. The first-order chi connectivity index (χ1) is 31.1. The number of rotatable bonds is 28. The van der Waals surface area contributed by atoms with Crippen LogP contribution in [0.15, 0.2) is 30.5 Å². The molecular formula is C42H63N11O11S. The second-order valence-electron chi connectivity index (χ2n) is 16.7. The van der Waals surface area contributed by atoms with Gasteiger partial charge in [-0.15, -0.1) is 0 Å². The van der Waals surface area contributed by atoms with Gasteiger partial charge in [0.2, 0.25) is 47.3 Å². The highest BCUT2D eigenvalue weighted by Crippen LogP contribution is 2.33. The van der Waals surface area contributed by atoms with Gasteiger partial charge in [-0.05, 0) is 56.1 Å². The summed E-state index contributed by atoms with van der Waals surface area (Å²) in [7, 11) is 0. The number of fused-ring (bicyclic) bond motifs is 2. The van der Waals surface area contributed by atoms with E-state index in [0.29, 0.717) is 36.6 Å². The predicted octanol–water partition coefficient (Wildman–Crippen LogP) is -1.56. The fourth-order valence-electron chi connectivity index (χ4n) is 7.73. The minimum Gasteiger partial charge on any atom is -0.394 e. The summed E-state index contributed by atoms with van der Waals surface area (Å²) in [5.74, 6) is -5.72. The highest BCUT2D eigenvalue weighted by atomic mass is 32.2. The number of aliphatic hydroxyl groups excluding tert-OH is 1. The van der Waals surface area contributed by atoms with Gasteiger partial charge in [0.05, 0.1) is 31.8 Å². The lowest BCUT2D eigenvalue weighted by Crippen LogP contribution is -2.57. The predicted molar refractivity (Wildman–Crippen MR) is 238 cm³/mol. The number of para-hydroxylation sites is 1. The van der Waals surface area contributed by atoms with Crippen molar-refractivity contribution in [1.29, 1.82) is 0 Å². The standard InChI is InChI=1S/C42H63N11O11S/c1-23(2)15-24(17-34(56)53-64)39(60)50-30(21-54)41(62)49-29(16-25-18-45-27-10-4-3-9-26(25)27)40(61)47-19-35(57)46-20-36(58)48-28(38(43)59)11-7-8-14-44-33(55)13-6-5-12-32-37-31(22-65-32)51-42(63)52-37/h3-4,9-10,18,23-24,28-32,37,45,54,64H,5-8,11-17,19-22H2,1-2H3,(H2,43,59)(H,44,55)(H,46,57)(H,47,61)(H,48,58)(H,49,62)(H,50,60)(H,53,56)(H2,51,52,63)/t24?,28-,29-,30-,31-,32-,37-/m0/s1. The van der Waals surface area contributed by atoms with E-state index in [-0.39, 0.29) is 55.6 Å². The number of benzene rings is 1. The summed E-state index contributed by atoms with van der Waals surface area (Å²) < 4.78 is 0. The topological polar surface area (TPSA) is 344 Å². The van der Waals surface area contributed by atoms with Gasteiger partial charge in [-0.2, -0.15) is 11.8 Å². The molecule has 1 aromatic carbocycles. The molecule has 2 aromatic rings. The summed E-state index contributed by atoms with van der Waals surface area (Å²) >= 11 is 1.83. The Kier molecular flexibility index (Phi) is 20.8. The van der Waals surface area contributed by atoms with Crippen LogP contribution in [0, 0.1) is 11.8 Å². The van der Waals surface area contributed by atoms with Gasteiger partial charge < -0.3 is 58.4 Å². The molecule has 2 aliphatic heterocycles. The summed E-state index contributed by atoms with van der Waals surface area (Å²) in [4.78, 5) is 116. The van der Waals surface area contributed by atoms with Gasteiger partial charge in [-0.25, -0.2) is 10.3 Å². The van der Waals surface area contributed by atoms with Crippen LogP contribution in [0.3, 0.4) is 0 Å². The Morgan fingerprint density at radius 2 is 1.55 bits per heavy atom. The van der Waals surface area contributed by atoms with Gasteiger partial charge in [0, 0.05) is 59.8 Å². The number of hydrogen-bond donors (Lipinski definition) is 13. The number of carbonyl (C=O) groups is 9. The molecule has 2 aliphatic rings. The Bertz CT molecular complexity index is 2000. The number of hydrogen-bond acceptors (Lipinski definition) is 12. The quantitative estimate of drug-likeness (QED) is 0.0200. The number of aromatic amines is 1. The number of unbranched alkanes of at least 4 members (excludes halogenated alkanes) is 2. The minimum atomic E-state index is -1.53. The zero-order chi connectivity index (χ0) is 47.5. The lowest BCUT2D eigenvalue weighted by atomic mass is 9.92. The van der Waals surface area contributed by atoms with Crippen LogP contribution in [0.2, 0.25) is 0 Å². The number of aromatic nitrogens is 1. The van der Waals surface area contributed by atoms with Crippen molar-refractivity contribution in [2.24, 2.45) is 17.6 Å². The van der Waals surface area contributed by atoms with Crippen molar-refractivity contribution in [2.45, 2.75) is 114 Å². The van der Waals surface area contributed by atoms with Crippen LogP contribution in [0.25, 0.3) is 10.9 Å². The van der Waals surface area contributed by atoms with Gasteiger partial charge in [0.1, 0.15) is 18.1 Å². The van der Waals surface area contributed by atoms with Crippen LogP contribution in [0.4, 0.5) is 4.79 Å². The van der Waals surface area contributed by atoms with Gasteiger partial charge in [-0.3, -0.25) is 43.6 Å². The zero-order valence-corrected chi connectivity index (χ0v) is 37.5. The van der Waals surface area contributed by atoms with Crippen molar-refractivity contribution in [1.82, 2.24) is 53.0 Å². The Hall–Kier alpha value is -5.94. The molecule has 0 radical (unpaired) electrons. The highest BCUT2D eigenvalue weighted by molar-refractivity contribution is 8.00. The number of nitrogens with two attached hydrogens (primary N) is 1. The Morgan fingerprint density at radius 3 is 2.28 bits per heavy atom. The number of primary amides is 1. The van der Waals surface area contributed by atoms with Crippen molar-refractivity contribution in [3.05, 3.63) is 36.0 Å². The molecule has 14 N–H and O–H groups in total. The number of amides is 10. The summed E-state index contributed by atoms with van der Waals surface area (Å²) in [6.07, 6.45) is 5.46. The van der Waals surface area contributed by atoms with E-state index in [1.54, 1.807) is 18.3 Å². The fraction of sp³-hybridized carbons (Fsp3) is 0.595. The average Bonchev–Trinajstić information content (AvgIpc) is 3.97. The molecule has 0 saturated carbocycles. The molecule has 23 heteroatoms. The smallest absolute Gasteiger partial charge is 0.315 e. The van der Waals surface area contributed by atoms with Gasteiger partial charge in [-0.1, -0.05) is 38.5 Å². The normalized spacial score (nSPS) is 18.2. The van der Waals surface area contributed by atoms with Crippen molar-refractivity contribution in [2.75, 3.05) is 32.0 Å². The van der Waals surface area contributed by atoms with E-state index >= 15 is 0 Å². The summed E-state index contributed by atoms with van der Waals surface area (Å²) in [5.41, 5.74) is 8.37. The minimum absolute atomic E-state index is 0.0367. The lowest BCUT2D eigenvalue weighted by Gasteiger charge is -2.24. The van der Waals surface area contributed by atoms with Crippen molar-refractivity contribution in [3.63, 3.8) is 0 Å². The maximum absolute atomic E-state index is 13.5. The third-order valence-electron chi connectivity index (χ3n) is 11.1. The first kappa shape index (κ1) is 51.7. The third-order valence-corrected chi connectivity index (χ3v) is 12.6. The Labute approximate surface area is 380 Å². The van der Waals surface area contributed by atoms with Gasteiger partial charge in [0.25, 0.3) is 0 Å². The second kappa shape index (κ2) is 26.1. The summed E-state index contributed by atoms with van der Waals surface area (Å²) in [6.45, 7) is 1.99. The molecule has 358 valence electrons. The average molecular weight is 930 g/mol. The van der Waals surface area contributed by atoms with Crippen LogP contribution in [-0.2, 0) is 44.8 Å². The molecule has 65 heavy (non-hydrogen) atoms. The largest absolute Gasteiger partial charge is 0.394 e. The van der Waals surface area contributed by atoms with E-state index < -0.39 is 85.1 Å². The number of hydroxylamine groups is 1. The first-order valence-electron chi connectivity index (χ1n) is 21.9. The molecule has 7 atom stereocenters. The second-order valence-corrected chi connectivity index (χ2v) is 17.9. The van der Waals surface area contributed by atoms with Crippen LogP contribution >= 0.6 is 11.8 Å². The van der Waals surface area contributed by atoms with E-state index in [4.69, 9.17) is 10.9 Å². The molecule has 0 aliphatic carbocycles. The number of nitrogens with one attached hydrogen (secondary N) is 10. The molecule has 22 nitrogen and oxygen atoms in total. The van der Waals surface area contributed by atoms with E-state index in [1.165, 1.54) is 5.48 Å². The fourth-order valence-corrected chi connectivity index (χ4v) is 9.28. The summed E-state index contributed by atoms with van der Waals surface area (Å²) in [5, 5.41) is 41.1. The Balaban J connectivity index is 1.20. The molecule has 4 rings (SSSR count). The van der Waals surface area contributed by atoms with Crippen LogP contribution in [0.1, 0.15) is 77.2 Å². The number of aliphatic hydroxyl groups is 1. The number of H-pyrrole nitrogens is 1. The van der Waals surface area contributed by atoms with Crippen LogP contribution < -0.4 is 53.7 Å². The van der Waals surface area contributed by atoms with Crippen molar-refractivity contribution >= 4 is 76.0 Å². The molecule has 10 amide bonds. The van der Waals surface area contributed by atoms with Gasteiger partial charge >= 0.3 is 6.03 Å². The SMILES string of the molecule is CC(C)CC(CC(=O)NO)C(=O)N[C@@H](CO)C(=O)N[C@@H](Cc1c[nH]c2ccccc12)C(=O)NCC(=O)NCC(=O)N[C@@H](CCCCNC(=O)CCCC[C@@H]1SC[C@@H]2NC(=O)N[C@@H]21)C(N)=O. The molecule has 2 saturated heterocycles. The first-order valence-corrected chi connectivity index (χ1v) is 22.9. The summed E-state index contributed by atoms with van der Waals surface area (Å²) in [6, 6.07) is 3.50. The van der Waals surface area contributed by atoms with E-state index in [9.17, 15) is 48.3 Å². The molecule has 1 unspecified atom stereocenters. The molecule has 0 spiro atoms. The molecule has 0 bridgehead atoms. The number of thioether (sulfide) groups is 1. The monoisotopic (exact) mass is 929 g/mol. The van der Waals surface area contributed by atoms with Crippen LogP contribution in [0.5, 0.6) is 0 Å². The van der Waals surface area contributed by atoms with Gasteiger partial charge in [0.15, 0.2) is 0 Å². The van der Waals surface area contributed by atoms with E-state index in [2.05, 4.69) is 47.5 Å². The number of urea groups is 1.